The summed E-state index contributed by atoms with van der Waals surface area (Å²) in [5.74, 6) is 0. The van der Waals surface area contributed by atoms with Crippen molar-refractivity contribution in [1.82, 2.24) is 6.15 Å². The molecule has 0 radical (unpaired) electrons. The second kappa shape index (κ2) is 39.5. The van der Waals surface area contributed by atoms with Crippen LogP contribution in [0.1, 0.15) is 0 Å². The van der Waals surface area contributed by atoms with Crippen LogP contribution in [0.3, 0.4) is 0 Å². The molecule has 13 heavy (non-hydrogen) atoms. The molecule has 13 heteroatoms. The second-order valence-electron chi connectivity index (χ2n) is 0.447. The summed E-state index contributed by atoms with van der Waals surface area (Å²) < 4.78 is 8.55. The van der Waals surface area contributed by atoms with Crippen LogP contribution in [0, 0.1) is 0 Å². The van der Waals surface area contributed by atoms with Gasteiger partial charge in [0.25, 0.3) is 0 Å². The molecule has 0 fully saturated rings. The third-order valence-corrected chi connectivity index (χ3v) is 0. The van der Waals surface area contributed by atoms with Crippen LogP contribution >= 0.6 is 7.82 Å². The summed E-state index contributed by atoms with van der Waals surface area (Å²) in [4.78, 5) is 25.6. The summed E-state index contributed by atoms with van der Waals surface area (Å²) in [6.07, 6.45) is 0. The molecule has 0 bridgehead atoms. The van der Waals surface area contributed by atoms with Crippen molar-refractivity contribution in [1.29, 1.82) is 0 Å². The molecule has 0 saturated heterocycles. The molecule has 0 amide bonds. The Balaban J connectivity index is -0.00000000286. The molecular weight excluding hydrogens is 264 g/mol. The summed E-state index contributed by atoms with van der Waals surface area (Å²) in [5.41, 5.74) is 0. The molecule has 0 aromatic rings. The number of hydrogen-bond donors (Lipinski definition) is 1. The summed E-state index contributed by atoms with van der Waals surface area (Å²) in [5, 5.41) is 0. The molecular formula is H16NNiO10P. The summed E-state index contributed by atoms with van der Waals surface area (Å²) in [6, 6.07) is 0. The van der Waals surface area contributed by atoms with Crippen LogP contribution < -0.4 is 20.8 Å². The number of quaternary nitrogens is 1. The van der Waals surface area contributed by atoms with Gasteiger partial charge in [-0.3, -0.25) is 0 Å². The molecule has 0 aromatic carbocycles. The number of phosphoric acid groups is 1. The Morgan fingerprint density at radius 1 is 0.692 bits per heavy atom. The molecule has 0 aromatic heterocycles. The van der Waals surface area contributed by atoms with E-state index in [1.54, 1.807) is 0 Å². The molecule has 0 atom stereocenters. The van der Waals surface area contributed by atoms with Gasteiger partial charge < -0.3 is 58.3 Å². The van der Waals surface area contributed by atoms with Gasteiger partial charge >= 0.3 is 16.5 Å². The number of hydrogen-bond acceptors (Lipinski definition) is 4. The van der Waals surface area contributed by atoms with Gasteiger partial charge in [-0.1, -0.05) is 0 Å². The topological polar surface area (TPSA) is 312 Å². The molecule has 16 N–H and O–H groups in total. The first-order chi connectivity index (χ1) is 2.00. The van der Waals surface area contributed by atoms with E-state index in [4.69, 9.17) is 19.2 Å². The second-order valence-corrected chi connectivity index (χ2v) is 1.34. The molecule has 0 saturated carbocycles. The molecule has 0 aliphatic carbocycles. The Morgan fingerprint density at radius 2 is 0.692 bits per heavy atom. The Kier molecular flexibility index (Phi) is 329. The average molecular weight is 280 g/mol. The Bertz CT molecular complexity index is 61.1. The minimum Gasteiger partial charge on any atom is -0.822 e. The molecule has 0 unspecified atom stereocenters. The smallest absolute Gasteiger partial charge is 0.822 e. The number of rotatable bonds is 0. The molecule has 11 nitrogen and oxygen atoms in total. The monoisotopic (exact) mass is 279 g/mol. The van der Waals surface area contributed by atoms with Gasteiger partial charge in [-0.15, -0.1) is 0 Å². The maximum Gasteiger partial charge on any atom is 2.00 e. The largest absolute Gasteiger partial charge is 2.00 e. The third-order valence-electron chi connectivity index (χ3n) is 0. The SMILES string of the molecule is O.O.O.O.O.O.O=P([O-])([O-])[O-].[NH4+].[Ni+2]. The summed E-state index contributed by atoms with van der Waals surface area (Å²) in [7, 11) is -5.39. The van der Waals surface area contributed by atoms with Gasteiger partial charge in [0.05, 0.1) is 0 Å². The Hall–Kier alpha value is 0.324. The zero-order valence-electron chi connectivity index (χ0n) is 6.40. The first-order valence-corrected chi connectivity index (χ1v) is 2.19. The van der Waals surface area contributed by atoms with Gasteiger partial charge in [0.2, 0.25) is 0 Å². The molecule has 0 aliphatic heterocycles. The zero-order valence-corrected chi connectivity index (χ0v) is 8.28. The predicted octanol–water partition coefficient (Wildman–Crippen LogP) is -7.40. The van der Waals surface area contributed by atoms with E-state index in [0.29, 0.717) is 0 Å². The van der Waals surface area contributed by atoms with E-state index in [1.165, 1.54) is 0 Å². The van der Waals surface area contributed by atoms with Crippen molar-refractivity contribution in [2.45, 2.75) is 0 Å². The fraction of sp³-hybridized carbons (Fsp3) is 0. The molecule has 0 spiro atoms. The average Bonchev–Trinajstić information content (AvgIpc) is 0.722. The predicted molar refractivity (Wildman–Crippen MR) is 35.3 cm³/mol. The van der Waals surface area contributed by atoms with Gasteiger partial charge in [-0.25, -0.2) is 0 Å². The minimum atomic E-state index is -5.39. The van der Waals surface area contributed by atoms with E-state index in [9.17, 15) is 0 Å². The van der Waals surface area contributed by atoms with E-state index in [-0.39, 0.29) is 55.5 Å². The van der Waals surface area contributed by atoms with Gasteiger partial charge in [-0.2, -0.15) is 7.82 Å². The summed E-state index contributed by atoms with van der Waals surface area (Å²) in [6.45, 7) is 0. The van der Waals surface area contributed by atoms with Crippen molar-refractivity contribution < 1.29 is 68.6 Å². The van der Waals surface area contributed by atoms with Gasteiger partial charge in [0.1, 0.15) is 0 Å². The van der Waals surface area contributed by atoms with E-state index in [0.717, 1.165) is 0 Å². The van der Waals surface area contributed by atoms with E-state index in [2.05, 4.69) is 0 Å². The van der Waals surface area contributed by atoms with E-state index >= 15 is 0 Å². The van der Waals surface area contributed by atoms with Crippen LogP contribution in [-0.2, 0) is 21.1 Å². The zero-order chi connectivity index (χ0) is 4.50. The fourth-order valence-corrected chi connectivity index (χ4v) is 0. The van der Waals surface area contributed by atoms with Gasteiger partial charge in [0, 0.05) is 0 Å². The van der Waals surface area contributed by atoms with Crippen LogP contribution in [0.15, 0.2) is 0 Å². The maximum atomic E-state index is 8.55. The summed E-state index contributed by atoms with van der Waals surface area (Å²) >= 11 is 0. The van der Waals surface area contributed by atoms with Crippen molar-refractivity contribution in [3.63, 3.8) is 0 Å². The van der Waals surface area contributed by atoms with Crippen molar-refractivity contribution in [3.8, 4) is 0 Å². The molecule has 0 heterocycles. The van der Waals surface area contributed by atoms with E-state index < -0.39 is 7.82 Å². The normalized spacial score (nSPS) is 4.54. The minimum absolute atomic E-state index is 0. The van der Waals surface area contributed by atoms with Crippen molar-refractivity contribution in [2.24, 2.45) is 0 Å². The molecule has 0 aliphatic rings. The first-order valence-electron chi connectivity index (χ1n) is 0.730. The van der Waals surface area contributed by atoms with Crippen molar-refractivity contribution in [3.05, 3.63) is 0 Å². The Labute approximate surface area is 83.4 Å². The third kappa shape index (κ3) is 12500. The van der Waals surface area contributed by atoms with Crippen LogP contribution in [0.2, 0.25) is 0 Å². The molecule has 96 valence electrons. The Morgan fingerprint density at radius 3 is 0.692 bits per heavy atom. The first kappa shape index (κ1) is 108. The van der Waals surface area contributed by atoms with Crippen LogP contribution in [0.25, 0.3) is 0 Å². The van der Waals surface area contributed by atoms with Crippen LogP contribution in [-0.4, -0.2) is 32.9 Å². The van der Waals surface area contributed by atoms with Crippen LogP contribution in [0.5, 0.6) is 0 Å². The fourth-order valence-electron chi connectivity index (χ4n) is 0. The van der Waals surface area contributed by atoms with Crippen LogP contribution in [0.4, 0.5) is 0 Å². The quantitative estimate of drug-likeness (QED) is 0.333. The van der Waals surface area contributed by atoms with E-state index in [1.807, 2.05) is 0 Å². The molecule has 0 rings (SSSR count). The standard InChI is InChI=1S/H3N.Ni.H3O4P.6H2O/c;;1-5(2,3)4;;;;;;/h1H3;;(H3,1,2,3,4);6*1H2/q;+2;;;;;;;/p-2. The van der Waals surface area contributed by atoms with Crippen molar-refractivity contribution >= 4 is 7.82 Å². The maximum absolute atomic E-state index is 8.55. The van der Waals surface area contributed by atoms with Crippen molar-refractivity contribution in [2.75, 3.05) is 0 Å². The van der Waals surface area contributed by atoms with Gasteiger partial charge in [-0.05, 0) is 0 Å². The van der Waals surface area contributed by atoms with Gasteiger partial charge in [0.15, 0.2) is 0 Å².